The van der Waals surface area contributed by atoms with E-state index in [2.05, 4.69) is 11.2 Å². The number of hydrogen-bond acceptors (Lipinski definition) is 4. The van der Waals surface area contributed by atoms with E-state index in [-0.39, 0.29) is 6.04 Å². The Morgan fingerprint density at radius 2 is 2.05 bits per heavy atom. The molecule has 2 N–H and O–H groups in total. The molecule has 0 amide bonds. The summed E-state index contributed by atoms with van der Waals surface area (Å²) in [7, 11) is 0. The molecule has 0 saturated heterocycles. The Kier molecular flexibility index (Phi) is 3.90. The van der Waals surface area contributed by atoms with Crippen LogP contribution in [-0.2, 0) is 6.61 Å². The lowest BCUT2D eigenvalue weighted by Gasteiger charge is -2.14. The molecule has 1 aromatic carbocycles. The van der Waals surface area contributed by atoms with Crippen LogP contribution >= 0.6 is 0 Å². The van der Waals surface area contributed by atoms with E-state index in [9.17, 15) is 0 Å². The van der Waals surface area contributed by atoms with E-state index in [1.165, 1.54) is 5.56 Å². The fourth-order valence-corrected chi connectivity index (χ4v) is 2.01. The zero-order chi connectivity index (χ0) is 14.0. The summed E-state index contributed by atoms with van der Waals surface area (Å²) in [6.07, 6.45) is 0. The summed E-state index contributed by atoms with van der Waals surface area (Å²) in [4.78, 5) is 0. The van der Waals surface area contributed by atoms with Crippen molar-refractivity contribution in [3.05, 3.63) is 46.3 Å². The highest BCUT2D eigenvalue weighted by molar-refractivity contribution is 5.39. The van der Waals surface area contributed by atoms with E-state index in [1.807, 2.05) is 39.8 Å². The Hall–Kier alpha value is -1.81. The van der Waals surface area contributed by atoms with Crippen LogP contribution in [0.3, 0.4) is 0 Å². The first-order valence-electron chi connectivity index (χ1n) is 6.39. The molecule has 0 saturated carbocycles. The molecule has 0 bridgehead atoms. The van der Waals surface area contributed by atoms with Crippen molar-refractivity contribution in [3.63, 3.8) is 0 Å². The van der Waals surface area contributed by atoms with E-state index in [4.69, 9.17) is 15.0 Å². The van der Waals surface area contributed by atoms with Gasteiger partial charge in [0.2, 0.25) is 0 Å². The molecule has 2 rings (SSSR count). The third-order valence-corrected chi connectivity index (χ3v) is 3.21. The van der Waals surface area contributed by atoms with Crippen molar-refractivity contribution in [1.29, 1.82) is 0 Å². The van der Waals surface area contributed by atoms with Crippen LogP contribution in [0.5, 0.6) is 5.75 Å². The largest absolute Gasteiger partial charge is 0.488 e. The highest BCUT2D eigenvalue weighted by Gasteiger charge is 2.12. The Balaban J connectivity index is 2.20. The van der Waals surface area contributed by atoms with Crippen LogP contribution in [-0.4, -0.2) is 5.16 Å². The lowest BCUT2D eigenvalue weighted by atomic mass is 10.1. The minimum absolute atomic E-state index is 0.0560. The van der Waals surface area contributed by atoms with Gasteiger partial charge in [0.1, 0.15) is 18.1 Å². The Morgan fingerprint density at radius 1 is 1.32 bits per heavy atom. The molecule has 0 unspecified atom stereocenters. The van der Waals surface area contributed by atoms with Crippen LogP contribution in [0.25, 0.3) is 0 Å². The van der Waals surface area contributed by atoms with Gasteiger partial charge in [-0.25, -0.2) is 0 Å². The normalized spacial score (nSPS) is 12.5. The maximum atomic E-state index is 5.98. The van der Waals surface area contributed by atoms with Crippen molar-refractivity contribution in [3.8, 4) is 5.75 Å². The van der Waals surface area contributed by atoms with Gasteiger partial charge in [-0.15, -0.1) is 0 Å². The average Bonchev–Trinajstić information content (AvgIpc) is 2.68. The molecule has 0 aliphatic rings. The zero-order valence-electron chi connectivity index (χ0n) is 11.9. The maximum absolute atomic E-state index is 5.98. The topological polar surface area (TPSA) is 61.3 Å². The minimum atomic E-state index is -0.0560. The number of aryl methyl sites for hydroxylation is 3. The van der Waals surface area contributed by atoms with Gasteiger partial charge in [0.25, 0.3) is 0 Å². The van der Waals surface area contributed by atoms with Gasteiger partial charge in [-0.2, -0.15) is 0 Å². The molecule has 0 aliphatic heterocycles. The molecule has 0 fully saturated rings. The Labute approximate surface area is 113 Å². The van der Waals surface area contributed by atoms with Gasteiger partial charge in [-0.05, 0) is 33.8 Å². The highest BCUT2D eigenvalue weighted by Crippen LogP contribution is 2.26. The van der Waals surface area contributed by atoms with E-state index in [1.54, 1.807) is 0 Å². The van der Waals surface area contributed by atoms with E-state index in [0.717, 1.165) is 28.3 Å². The fourth-order valence-electron chi connectivity index (χ4n) is 2.01. The second-order valence-corrected chi connectivity index (χ2v) is 4.92. The van der Waals surface area contributed by atoms with Gasteiger partial charge in [0.05, 0.1) is 11.3 Å². The Bertz CT molecular complexity index is 554. The average molecular weight is 260 g/mol. The van der Waals surface area contributed by atoms with Crippen LogP contribution in [0.15, 0.2) is 22.7 Å². The van der Waals surface area contributed by atoms with Crippen LogP contribution in [0, 0.1) is 20.8 Å². The second kappa shape index (κ2) is 5.45. The molecule has 1 atom stereocenters. The standard InChI is InChI=1S/C15H20N2O2/c1-9-5-6-15(13(7-9)10(2)16)18-8-14-11(3)17-19-12(14)4/h5-7,10H,8,16H2,1-4H3/t10-/m1/s1. The number of ether oxygens (including phenoxy) is 1. The third kappa shape index (κ3) is 2.96. The van der Waals surface area contributed by atoms with Crippen LogP contribution in [0.1, 0.15) is 41.1 Å². The van der Waals surface area contributed by atoms with E-state index < -0.39 is 0 Å². The molecular weight excluding hydrogens is 240 g/mol. The molecule has 1 aromatic heterocycles. The first kappa shape index (κ1) is 13.6. The Morgan fingerprint density at radius 3 is 2.63 bits per heavy atom. The molecule has 4 nitrogen and oxygen atoms in total. The summed E-state index contributed by atoms with van der Waals surface area (Å²) in [5.41, 5.74) is 10.0. The molecule has 102 valence electrons. The zero-order valence-corrected chi connectivity index (χ0v) is 11.9. The maximum Gasteiger partial charge on any atom is 0.140 e. The van der Waals surface area contributed by atoms with Gasteiger partial charge in [-0.1, -0.05) is 22.9 Å². The molecule has 4 heteroatoms. The number of rotatable bonds is 4. The lowest BCUT2D eigenvalue weighted by Crippen LogP contribution is -2.08. The second-order valence-electron chi connectivity index (χ2n) is 4.92. The monoisotopic (exact) mass is 260 g/mol. The molecule has 2 aromatic rings. The predicted molar refractivity (Wildman–Crippen MR) is 74.1 cm³/mol. The molecule has 19 heavy (non-hydrogen) atoms. The van der Waals surface area contributed by atoms with Crippen molar-refractivity contribution in [2.75, 3.05) is 0 Å². The van der Waals surface area contributed by atoms with Crippen molar-refractivity contribution in [2.45, 2.75) is 40.3 Å². The fraction of sp³-hybridized carbons (Fsp3) is 0.400. The third-order valence-electron chi connectivity index (χ3n) is 3.21. The summed E-state index contributed by atoms with van der Waals surface area (Å²) in [6, 6.07) is 5.99. The number of aromatic nitrogens is 1. The number of nitrogens with two attached hydrogens (primary N) is 1. The van der Waals surface area contributed by atoms with Crippen LogP contribution in [0.4, 0.5) is 0 Å². The van der Waals surface area contributed by atoms with E-state index in [0.29, 0.717) is 6.61 Å². The van der Waals surface area contributed by atoms with Gasteiger partial charge >= 0.3 is 0 Å². The van der Waals surface area contributed by atoms with Crippen molar-refractivity contribution in [2.24, 2.45) is 5.73 Å². The van der Waals surface area contributed by atoms with Gasteiger partial charge in [0, 0.05) is 11.6 Å². The molecule has 0 radical (unpaired) electrons. The molecule has 0 aliphatic carbocycles. The number of nitrogens with zero attached hydrogens (tertiary/aromatic N) is 1. The minimum Gasteiger partial charge on any atom is -0.488 e. The number of hydrogen-bond donors (Lipinski definition) is 1. The summed E-state index contributed by atoms with van der Waals surface area (Å²) >= 11 is 0. The van der Waals surface area contributed by atoms with Crippen molar-refractivity contribution >= 4 is 0 Å². The van der Waals surface area contributed by atoms with Crippen molar-refractivity contribution < 1.29 is 9.26 Å². The SMILES string of the molecule is Cc1ccc(OCc2c(C)noc2C)c([C@@H](C)N)c1. The summed E-state index contributed by atoms with van der Waals surface area (Å²) < 4.78 is 11.0. The van der Waals surface area contributed by atoms with Crippen LogP contribution in [0.2, 0.25) is 0 Å². The lowest BCUT2D eigenvalue weighted by molar-refractivity contribution is 0.297. The molecular formula is C15H20N2O2. The quantitative estimate of drug-likeness (QED) is 0.917. The molecule has 1 heterocycles. The first-order valence-corrected chi connectivity index (χ1v) is 6.39. The van der Waals surface area contributed by atoms with Crippen molar-refractivity contribution in [1.82, 2.24) is 5.16 Å². The van der Waals surface area contributed by atoms with Gasteiger partial charge < -0.3 is 15.0 Å². The summed E-state index contributed by atoms with van der Waals surface area (Å²) in [6.45, 7) is 8.25. The van der Waals surface area contributed by atoms with Gasteiger partial charge in [0.15, 0.2) is 0 Å². The summed E-state index contributed by atoms with van der Waals surface area (Å²) in [5, 5.41) is 3.92. The van der Waals surface area contributed by atoms with Gasteiger partial charge in [-0.3, -0.25) is 0 Å². The smallest absolute Gasteiger partial charge is 0.140 e. The molecule has 0 spiro atoms. The highest BCUT2D eigenvalue weighted by atomic mass is 16.5. The van der Waals surface area contributed by atoms with E-state index >= 15 is 0 Å². The predicted octanol–water partition coefficient (Wildman–Crippen LogP) is 3.20. The first-order chi connectivity index (χ1) is 8.99. The summed E-state index contributed by atoms with van der Waals surface area (Å²) in [5.74, 6) is 1.62. The number of benzene rings is 1. The van der Waals surface area contributed by atoms with Crippen LogP contribution < -0.4 is 10.5 Å².